The van der Waals surface area contributed by atoms with E-state index in [-0.39, 0.29) is 0 Å². The second-order valence-corrected chi connectivity index (χ2v) is 7.24. The van der Waals surface area contributed by atoms with E-state index in [0.717, 1.165) is 62.8 Å². The van der Waals surface area contributed by atoms with Crippen LogP contribution in [-0.2, 0) is 19.5 Å². The molecule has 0 atom stereocenters. The molecule has 0 N–H and O–H groups in total. The van der Waals surface area contributed by atoms with Crippen LogP contribution >= 0.6 is 0 Å². The van der Waals surface area contributed by atoms with Gasteiger partial charge in [0.1, 0.15) is 5.75 Å². The van der Waals surface area contributed by atoms with E-state index in [1.807, 2.05) is 12.1 Å². The monoisotopic (exact) mass is 384 g/mol. The fourth-order valence-corrected chi connectivity index (χ4v) is 3.70. The summed E-state index contributed by atoms with van der Waals surface area (Å²) in [6.45, 7) is 8.31. The molecule has 0 amide bonds. The van der Waals surface area contributed by atoms with Gasteiger partial charge in [0.15, 0.2) is 11.5 Å². The Morgan fingerprint density at radius 2 is 1.18 bits per heavy atom. The summed E-state index contributed by atoms with van der Waals surface area (Å²) in [6.07, 6.45) is 1.10. The lowest BCUT2D eigenvalue weighted by atomic mass is 10.1. The van der Waals surface area contributed by atoms with Crippen molar-refractivity contribution in [1.29, 1.82) is 0 Å². The third kappa shape index (κ3) is 4.97. The van der Waals surface area contributed by atoms with Crippen LogP contribution in [0.2, 0.25) is 0 Å². The van der Waals surface area contributed by atoms with E-state index < -0.39 is 0 Å². The molecule has 3 rings (SSSR count). The standard InChI is InChI=1S/C23H32N2O3/c1-5-18-6-8-19(9-7-18)16-24-10-12-25(13-11-24)17-20-14-22(27-3)23(28-4)15-21(20)26-2/h6-9,14-15H,5,10-13,16-17H2,1-4H3. The first-order valence-electron chi connectivity index (χ1n) is 9.98. The van der Waals surface area contributed by atoms with Gasteiger partial charge in [0.05, 0.1) is 21.3 Å². The molecule has 1 heterocycles. The van der Waals surface area contributed by atoms with E-state index in [1.54, 1.807) is 21.3 Å². The molecule has 5 heteroatoms. The number of piperazine rings is 1. The summed E-state index contributed by atoms with van der Waals surface area (Å²) in [7, 11) is 5.01. The van der Waals surface area contributed by atoms with Gasteiger partial charge < -0.3 is 14.2 Å². The Bertz CT molecular complexity index is 753. The Morgan fingerprint density at radius 1 is 0.679 bits per heavy atom. The maximum Gasteiger partial charge on any atom is 0.164 e. The zero-order valence-electron chi connectivity index (χ0n) is 17.5. The Hall–Kier alpha value is -2.24. The SMILES string of the molecule is CCc1ccc(CN2CCN(Cc3cc(OC)c(OC)cc3OC)CC2)cc1. The van der Waals surface area contributed by atoms with E-state index >= 15 is 0 Å². The average Bonchev–Trinajstić information content (AvgIpc) is 2.75. The smallest absolute Gasteiger partial charge is 0.164 e. The van der Waals surface area contributed by atoms with Gasteiger partial charge >= 0.3 is 0 Å². The van der Waals surface area contributed by atoms with Crippen LogP contribution in [0.15, 0.2) is 36.4 Å². The van der Waals surface area contributed by atoms with E-state index in [2.05, 4.69) is 41.0 Å². The van der Waals surface area contributed by atoms with Crippen molar-refractivity contribution in [2.24, 2.45) is 0 Å². The van der Waals surface area contributed by atoms with Crippen molar-refractivity contribution in [2.45, 2.75) is 26.4 Å². The van der Waals surface area contributed by atoms with Gasteiger partial charge in [-0.2, -0.15) is 0 Å². The second kappa shape index (κ2) is 9.80. The van der Waals surface area contributed by atoms with Crippen molar-refractivity contribution in [3.05, 3.63) is 53.1 Å². The quantitative estimate of drug-likeness (QED) is 0.695. The lowest BCUT2D eigenvalue weighted by Gasteiger charge is -2.35. The Morgan fingerprint density at radius 3 is 1.71 bits per heavy atom. The van der Waals surface area contributed by atoms with Crippen molar-refractivity contribution >= 4 is 0 Å². The molecule has 0 aliphatic carbocycles. The molecule has 0 radical (unpaired) electrons. The van der Waals surface area contributed by atoms with E-state index in [9.17, 15) is 0 Å². The molecule has 0 aromatic heterocycles. The van der Waals surface area contributed by atoms with Crippen molar-refractivity contribution in [3.63, 3.8) is 0 Å². The molecule has 0 unspecified atom stereocenters. The average molecular weight is 385 g/mol. The highest BCUT2D eigenvalue weighted by Gasteiger charge is 2.20. The van der Waals surface area contributed by atoms with Crippen LogP contribution < -0.4 is 14.2 Å². The molecule has 1 saturated heterocycles. The van der Waals surface area contributed by atoms with Crippen LogP contribution in [0.3, 0.4) is 0 Å². The molecule has 1 fully saturated rings. The van der Waals surface area contributed by atoms with Crippen molar-refractivity contribution < 1.29 is 14.2 Å². The zero-order chi connectivity index (χ0) is 19.9. The van der Waals surface area contributed by atoms with Crippen LogP contribution in [0, 0.1) is 0 Å². The highest BCUT2D eigenvalue weighted by molar-refractivity contribution is 5.50. The number of ether oxygens (including phenoxy) is 3. The maximum atomic E-state index is 5.58. The first-order valence-corrected chi connectivity index (χ1v) is 9.98. The number of hydrogen-bond acceptors (Lipinski definition) is 5. The van der Waals surface area contributed by atoms with Crippen molar-refractivity contribution in [1.82, 2.24) is 9.80 Å². The molecule has 2 aromatic rings. The van der Waals surface area contributed by atoms with E-state index in [0.29, 0.717) is 5.75 Å². The van der Waals surface area contributed by atoms with Crippen LogP contribution in [-0.4, -0.2) is 57.3 Å². The van der Waals surface area contributed by atoms with E-state index in [4.69, 9.17) is 14.2 Å². The normalized spacial score (nSPS) is 15.4. The van der Waals surface area contributed by atoms with Gasteiger partial charge in [0.2, 0.25) is 0 Å². The Kier molecular flexibility index (Phi) is 7.18. The largest absolute Gasteiger partial charge is 0.496 e. The first kappa shape index (κ1) is 20.5. The maximum absolute atomic E-state index is 5.58. The molecule has 0 spiro atoms. The lowest BCUT2D eigenvalue weighted by molar-refractivity contribution is 0.121. The number of methoxy groups -OCH3 is 3. The molecule has 5 nitrogen and oxygen atoms in total. The molecule has 2 aromatic carbocycles. The molecular formula is C23H32N2O3. The molecular weight excluding hydrogens is 352 g/mol. The molecule has 1 aliphatic rings. The van der Waals surface area contributed by atoms with Gasteiger partial charge in [-0.15, -0.1) is 0 Å². The lowest BCUT2D eigenvalue weighted by Crippen LogP contribution is -2.45. The van der Waals surface area contributed by atoms with Crippen molar-refractivity contribution in [2.75, 3.05) is 47.5 Å². The second-order valence-electron chi connectivity index (χ2n) is 7.24. The molecule has 0 bridgehead atoms. The third-order valence-corrected chi connectivity index (χ3v) is 5.48. The summed E-state index contributed by atoms with van der Waals surface area (Å²) in [6, 6.07) is 13.0. The molecule has 28 heavy (non-hydrogen) atoms. The third-order valence-electron chi connectivity index (χ3n) is 5.48. The first-order chi connectivity index (χ1) is 13.7. The predicted octanol–water partition coefficient (Wildman–Crippen LogP) is 3.59. The summed E-state index contributed by atoms with van der Waals surface area (Å²) in [4.78, 5) is 5.00. The number of benzene rings is 2. The summed E-state index contributed by atoms with van der Waals surface area (Å²) < 4.78 is 16.4. The number of nitrogens with zero attached hydrogens (tertiary/aromatic N) is 2. The van der Waals surface area contributed by atoms with Gasteiger partial charge in [0.25, 0.3) is 0 Å². The molecule has 152 valence electrons. The van der Waals surface area contributed by atoms with Gasteiger partial charge in [-0.3, -0.25) is 9.80 Å². The van der Waals surface area contributed by atoms with Crippen LogP contribution in [0.25, 0.3) is 0 Å². The summed E-state index contributed by atoms with van der Waals surface area (Å²) >= 11 is 0. The van der Waals surface area contributed by atoms with E-state index in [1.165, 1.54) is 11.1 Å². The Balaban J connectivity index is 1.57. The number of rotatable bonds is 8. The van der Waals surface area contributed by atoms with Crippen LogP contribution in [0.4, 0.5) is 0 Å². The number of hydrogen-bond donors (Lipinski definition) is 0. The topological polar surface area (TPSA) is 34.2 Å². The summed E-state index contributed by atoms with van der Waals surface area (Å²) in [5.74, 6) is 2.28. The van der Waals surface area contributed by atoms with Gasteiger partial charge in [0, 0.05) is 50.9 Å². The molecule has 1 aliphatic heterocycles. The fraction of sp³-hybridized carbons (Fsp3) is 0.478. The minimum atomic E-state index is 0.696. The zero-order valence-corrected chi connectivity index (χ0v) is 17.5. The fourth-order valence-electron chi connectivity index (χ4n) is 3.70. The summed E-state index contributed by atoms with van der Waals surface area (Å²) in [5.41, 5.74) is 3.92. The van der Waals surface area contributed by atoms with Gasteiger partial charge in [-0.1, -0.05) is 31.2 Å². The van der Waals surface area contributed by atoms with Crippen LogP contribution in [0.5, 0.6) is 17.2 Å². The highest BCUT2D eigenvalue weighted by atomic mass is 16.5. The van der Waals surface area contributed by atoms with Crippen LogP contribution in [0.1, 0.15) is 23.6 Å². The highest BCUT2D eigenvalue weighted by Crippen LogP contribution is 2.35. The van der Waals surface area contributed by atoms with Gasteiger partial charge in [-0.05, 0) is 23.6 Å². The number of aryl methyl sites for hydroxylation is 1. The van der Waals surface area contributed by atoms with Gasteiger partial charge in [-0.25, -0.2) is 0 Å². The summed E-state index contributed by atoms with van der Waals surface area (Å²) in [5, 5.41) is 0. The molecule has 0 saturated carbocycles. The predicted molar refractivity (Wildman–Crippen MR) is 112 cm³/mol. The Labute approximate surface area is 168 Å². The minimum Gasteiger partial charge on any atom is -0.496 e. The van der Waals surface area contributed by atoms with Crippen molar-refractivity contribution in [3.8, 4) is 17.2 Å². The minimum absolute atomic E-state index is 0.696.